The van der Waals surface area contributed by atoms with Crippen molar-refractivity contribution in [3.05, 3.63) is 54.4 Å². The molecule has 0 unspecified atom stereocenters. The molecule has 19 heavy (non-hydrogen) atoms. The molecular weight excluding hydrogens is 236 g/mol. The molecule has 0 aliphatic carbocycles. The Labute approximate surface area is 113 Å². The Hall–Kier alpha value is -1.71. The smallest absolute Gasteiger partial charge is 0.0727 e. The van der Waals surface area contributed by atoms with E-state index in [0.29, 0.717) is 12.7 Å². The lowest BCUT2D eigenvalue weighted by Crippen LogP contribution is -2.16. The van der Waals surface area contributed by atoms with Gasteiger partial charge in [-0.1, -0.05) is 24.3 Å². The van der Waals surface area contributed by atoms with Crippen LogP contribution in [0.25, 0.3) is 11.1 Å². The average Bonchev–Trinajstić information content (AvgIpc) is 3.00. The highest BCUT2D eigenvalue weighted by molar-refractivity contribution is 5.66. The zero-order valence-corrected chi connectivity index (χ0v) is 10.9. The van der Waals surface area contributed by atoms with Crippen LogP contribution in [-0.4, -0.2) is 24.2 Å². The molecule has 1 aliphatic rings. The molecular formula is C16H18N2O. The molecule has 3 rings (SSSR count). The van der Waals surface area contributed by atoms with Gasteiger partial charge in [-0.25, -0.2) is 0 Å². The molecule has 1 aromatic carbocycles. The van der Waals surface area contributed by atoms with E-state index in [9.17, 15) is 0 Å². The zero-order chi connectivity index (χ0) is 12.9. The van der Waals surface area contributed by atoms with Crippen LogP contribution in [-0.2, 0) is 11.3 Å². The molecule has 2 aromatic rings. The summed E-state index contributed by atoms with van der Waals surface area (Å²) in [5.41, 5.74) is 3.66. The van der Waals surface area contributed by atoms with E-state index >= 15 is 0 Å². The van der Waals surface area contributed by atoms with E-state index in [4.69, 9.17) is 4.74 Å². The topological polar surface area (TPSA) is 34.1 Å². The third-order valence-corrected chi connectivity index (χ3v) is 3.50. The van der Waals surface area contributed by atoms with Crippen molar-refractivity contribution in [2.45, 2.75) is 19.1 Å². The van der Waals surface area contributed by atoms with Gasteiger partial charge in [0.05, 0.1) is 12.7 Å². The Morgan fingerprint density at radius 1 is 1.16 bits per heavy atom. The van der Waals surface area contributed by atoms with Crippen molar-refractivity contribution in [1.82, 2.24) is 10.3 Å². The van der Waals surface area contributed by atoms with Crippen LogP contribution in [0.5, 0.6) is 0 Å². The summed E-state index contributed by atoms with van der Waals surface area (Å²) in [6.07, 6.45) is 5.12. The number of nitrogens with zero attached hydrogens (tertiary/aromatic N) is 1. The molecule has 0 radical (unpaired) electrons. The summed E-state index contributed by atoms with van der Waals surface area (Å²) in [5.74, 6) is 0. The van der Waals surface area contributed by atoms with E-state index in [2.05, 4.69) is 34.6 Å². The Kier molecular flexibility index (Phi) is 3.86. The van der Waals surface area contributed by atoms with Crippen LogP contribution in [0.1, 0.15) is 12.0 Å². The fourth-order valence-electron chi connectivity index (χ4n) is 2.44. The molecule has 3 heteroatoms. The predicted octanol–water partition coefficient (Wildman–Crippen LogP) is 2.63. The largest absolute Gasteiger partial charge is 0.372 e. The van der Waals surface area contributed by atoms with Gasteiger partial charge in [0, 0.05) is 18.9 Å². The number of aromatic nitrogens is 1. The third kappa shape index (κ3) is 3.00. The standard InChI is InChI=1S/C16H18N2O/c1-2-4-16(13-5-8-17-9-6-13)14(3-1)12-19-15-7-10-18-11-15/h1-6,8-9,15,18H,7,10-12H2/t15-/m0/s1. The second kappa shape index (κ2) is 5.95. The number of hydrogen-bond acceptors (Lipinski definition) is 3. The molecule has 1 aliphatic heterocycles. The summed E-state index contributed by atoms with van der Waals surface area (Å²) in [7, 11) is 0. The van der Waals surface area contributed by atoms with Gasteiger partial charge in [0.25, 0.3) is 0 Å². The SMILES string of the molecule is c1ccc(-c2ccncc2)c(CO[C@H]2CCNC2)c1. The van der Waals surface area contributed by atoms with Gasteiger partial charge >= 0.3 is 0 Å². The Morgan fingerprint density at radius 2 is 2.00 bits per heavy atom. The number of hydrogen-bond donors (Lipinski definition) is 1. The van der Waals surface area contributed by atoms with Gasteiger partial charge in [-0.15, -0.1) is 0 Å². The Bertz CT molecular complexity index is 521. The van der Waals surface area contributed by atoms with Crippen molar-refractivity contribution in [3.63, 3.8) is 0 Å². The first kappa shape index (κ1) is 12.3. The van der Waals surface area contributed by atoms with Crippen LogP contribution < -0.4 is 5.32 Å². The van der Waals surface area contributed by atoms with Gasteiger partial charge in [-0.05, 0) is 41.8 Å². The van der Waals surface area contributed by atoms with Crippen LogP contribution >= 0.6 is 0 Å². The van der Waals surface area contributed by atoms with E-state index < -0.39 is 0 Å². The molecule has 0 bridgehead atoms. The number of pyridine rings is 1. The van der Waals surface area contributed by atoms with Gasteiger partial charge in [-0.2, -0.15) is 0 Å². The second-order valence-corrected chi connectivity index (χ2v) is 4.82. The number of nitrogens with one attached hydrogen (secondary N) is 1. The molecule has 1 saturated heterocycles. The fraction of sp³-hybridized carbons (Fsp3) is 0.312. The molecule has 2 heterocycles. The molecule has 98 valence electrons. The summed E-state index contributed by atoms with van der Waals surface area (Å²) in [4.78, 5) is 4.07. The lowest BCUT2D eigenvalue weighted by Gasteiger charge is -2.13. The van der Waals surface area contributed by atoms with Crippen LogP contribution in [0, 0.1) is 0 Å². The molecule has 0 spiro atoms. The van der Waals surface area contributed by atoms with Crippen molar-refractivity contribution in [3.8, 4) is 11.1 Å². The number of ether oxygens (including phenoxy) is 1. The van der Waals surface area contributed by atoms with E-state index in [1.165, 1.54) is 16.7 Å². The maximum absolute atomic E-state index is 5.97. The van der Waals surface area contributed by atoms with E-state index in [0.717, 1.165) is 19.5 Å². The van der Waals surface area contributed by atoms with Crippen LogP contribution in [0.15, 0.2) is 48.8 Å². The van der Waals surface area contributed by atoms with Crippen molar-refractivity contribution in [1.29, 1.82) is 0 Å². The lowest BCUT2D eigenvalue weighted by atomic mass is 10.0. The summed E-state index contributed by atoms with van der Waals surface area (Å²) < 4.78 is 5.97. The number of benzene rings is 1. The summed E-state index contributed by atoms with van der Waals surface area (Å²) in [6.45, 7) is 2.71. The number of rotatable bonds is 4. The highest BCUT2D eigenvalue weighted by atomic mass is 16.5. The maximum atomic E-state index is 5.97. The van der Waals surface area contributed by atoms with Crippen LogP contribution in [0.4, 0.5) is 0 Å². The molecule has 1 fully saturated rings. The first-order valence-corrected chi connectivity index (χ1v) is 6.74. The average molecular weight is 254 g/mol. The normalized spacial score (nSPS) is 18.6. The van der Waals surface area contributed by atoms with E-state index in [1.54, 1.807) is 0 Å². The Morgan fingerprint density at radius 3 is 2.79 bits per heavy atom. The van der Waals surface area contributed by atoms with Gasteiger partial charge < -0.3 is 10.1 Å². The van der Waals surface area contributed by atoms with E-state index in [-0.39, 0.29) is 0 Å². The molecule has 3 nitrogen and oxygen atoms in total. The minimum atomic E-state index is 0.352. The molecule has 0 amide bonds. The summed E-state index contributed by atoms with van der Waals surface area (Å²) >= 11 is 0. The first-order valence-electron chi connectivity index (χ1n) is 6.74. The van der Waals surface area contributed by atoms with Crippen molar-refractivity contribution in [2.75, 3.05) is 13.1 Å². The third-order valence-electron chi connectivity index (χ3n) is 3.50. The van der Waals surface area contributed by atoms with Gasteiger partial charge in [-0.3, -0.25) is 4.98 Å². The highest BCUT2D eigenvalue weighted by Crippen LogP contribution is 2.24. The zero-order valence-electron chi connectivity index (χ0n) is 10.9. The lowest BCUT2D eigenvalue weighted by molar-refractivity contribution is 0.0545. The summed E-state index contributed by atoms with van der Waals surface area (Å²) in [6, 6.07) is 12.5. The van der Waals surface area contributed by atoms with Crippen LogP contribution in [0.3, 0.4) is 0 Å². The molecule has 1 aromatic heterocycles. The molecule has 1 atom stereocenters. The van der Waals surface area contributed by atoms with Crippen LogP contribution in [0.2, 0.25) is 0 Å². The van der Waals surface area contributed by atoms with Gasteiger partial charge in [0.1, 0.15) is 0 Å². The maximum Gasteiger partial charge on any atom is 0.0727 e. The minimum Gasteiger partial charge on any atom is -0.372 e. The quantitative estimate of drug-likeness (QED) is 0.910. The minimum absolute atomic E-state index is 0.352. The molecule has 0 saturated carbocycles. The Balaban J connectivity index is 1.77. The highest BCUT2D eigenvalue weighted by Gasteiger charge is 2.15. The van der Waals surface area contributed by atoms with E-state index in [1.807, 2.05) is 24.5 Å². The summed E-state index contributed by atoms with van der Waals surface area (Å²) in [5, 5.41) is 3.32. The van der Waals surface area contributed by atoms with Crippen molar-refractivity contribution in [2.24, 2.45) is 0 Å². The van der Waals surface area contributed by atoms with Crippen molar-refractivity contribution < 1.29 is 4.74 Å². The monoisotopic (exact) mass is 254 g/mol. The first-order chi connectivity index (χ1) is 9.43. The predicted molar refractivity (Wildman–Crippen MR) is 75.7 cm³/mol. The second-order valence-electron chi connectivity index (χ2n) is 4.82. The van der Waals surface area contributed by atoms with Gasteiger partial charge in [0.2, 0.25) is 0 Å². The van der Waals surface area contributed by atoms with Crippen molar-refractivity contribution >= 4 is 0 Å². The molecule has 1 N–H and O–H groups in total. The van der Waals surface area contributed by atoms with Gasteiger partial charge in [0.15, 0.2) is 0 Å². The fourth-order valence-corrected chi connectivity index (χ4v) is 2.44.